The van der Waals surface area contributed by atoms with Crippen molar-refractivity contribution in [3.05, 3.63) is 71.3 Å². The molecule has 0 saturated heterocycles. The van der Waals surface area contributed by atoms with Gasteiger partial charge in [0, 0.05) is 31.7 Å². The lowest BCUT2D eigenvalue weighted by atomic mass is 9.65. The maximum Gasteiger partial charge on any atom is 0.312 e. The number of ether oxygens (including phenoxy) is 3. The standard InChI is InChI=1S/C43H63NO6/c1-28-19-21-30(22-20-28)37(45)36(39(47)50-41(5,6)7)32-17-14-18-33(35(32)38(46)49-40(2,3)4)44(26-29-15-12-11-13-16-29)27-43-24-23-31(42(43,8)9)25-34(43)48-10/h11-13,15-16,19-22,31-37,45H,14,17-18,23-27H2,1-10H3/t31-,32+,33-,34-,35-,36+,37-,43-/m1/s1. The predicted octanol–water partition coefficient (Wildman–Crippen LogP) is 8.46. The Bertz CT molecular complexity index is 1460. The molecule has 3 saturated carbocycles. The molecule has 3 aliphatic rings. The van der Waals surface area contributed by atoms with Gasteiger partial charge in [-0.05, 0) is 109 Å². The van der Waals surface area contributed by atoms with Crippen LogP contribution in [0.5, 0.6) is 0 Å². The van der Waals surface area contributed by atoms with Crippen molar-refractivity contribution < 1.29 is 28.9 Å². The lowest BCUT2D eigenvalue weighted by Gasteiger charge is -2.51. The van der Waals surface area contributed by atoms with E-state index in [0.717, 1.165) is 37.8 Å². The minimum Gasteiger partial charge on any atom is -0.460 e. The first-order valence-corrected chi connectivity index (χ1v) is 18.9. The molecular formula is C43H63NO6. The van der Waals surface area contributed by atoms with E-state index in [-0.39, 0.29) is 28.9 Å². The molecule has 2 bridgehead atoms. The Balaban J connectivity index is 1.63. The lowest BCUT2D eigenvalue weighted by Crippen LogP contribution is -2.57. The van der Waals surface area contributed by atoms with Crippen LogP contribution in [0.15, 0.2) is 54.6 Å². The van der Waals surface area contributed by atoms with Gasteiger partial charge in [0.1, 0.15) is 11.2 Å². The predicted molar refractivity (Wildman–Crippen MR) is 197 cm³/mol. The SMILES string of the molecule is CO[C@@H]1C[C@H]2CC[C@]1(CN(Cc1ccccc1)[C@@H]1CCC[C@H]([C@H](C(=O)OC(C)(C)C)[C@H](O)c3ccc(C)cc3)[C@H]1C(=O)OC(C)(C)C)C2(C)C. The van der Waals surface area contributed by atoms with Gasteiger partial charge in [-0.3, -0.25) is 14.5 Å². The molecule has 5 rings (SSSR count). The Morgan fingerprint density at radius 1 is 0.920 bits per heavy atom. The average molecular weight is 690 g/mol. The summed E-state index contributed by atoms with van der Waals surface area (Å²) in [6.07, 6.45) is 4.49. The Kier molecular flexibility index (Phi) is 11.3. The number of esters is 2. The normalized spacial score (nSPS) is 29.1. The third-order valence-electron chi connectivity index (χ3n) is 12.3. The molecule has 3 fully saturated rings. The van der Waals surface area contributed by atoms with Crippen LogP contribution in [0.4, 0.5) is 0 Å². The van der Waals surface area contributed by atoms with Crippen molar-refractivity contribution in [3.8, 4) is 0 Å². The van der Waals surface area contributed by atoms with Crippen LogP contribution in [0.3, 0.4) is 0 Å². The third kappa shape index (κ3) is 8.00. The highest BCUT2D eigenvalue weighted by molar-refractivity contribution is 5.78. The fourth-order valence-electron chi connectivity index (χ4n) is 9.77. The number of carbonyl (C=O) groups is 2. The van der Waals surface area contributed by atoms with Crippen LogP contribution in [-0.4, -0.2) is 58.9 Å². The summed E-state index contributed by atoms with van der Waals surface area (Å²) >= 11 is 0. The molecule has 3 aliphatic carbocycles. The fourth-order valence-corrected chi connectivity index (χ4v) is 9.77. The molecular weight excluding hydrogens is 626 g/mol. The minimum atomic E-state index is -1.15. The van der Waals surface area contributed by atoms with Crippen molar-refractivity contribution in [1.29, 1.82) is 0 Å². The monoisotopic (exact) mass is 689 g/mol. The van der Waals surface area contributed by atoms with Crippen LogP contribution in [-0.2, 0) is 30.3 Å². The molecule has 0 aromatic heterocycles. The van der Waals surface area contributed by atoms with E-state index in [0.29, 0.717) is 24.4 Å². The number of aliphatic hydroxyl groups is 1. The van der Waals surface area contributed by atoms with Gasteiger partial charge in [0.2, 0.25) is 0 Å². The molecule has 0 spiro atoms. The summed E-state index contributed by atoms with van der Waals surface area (Å²) in [6.45, 7) is 19.5. The van der Waals surface area contributed by atoms with E-state index in [9.17, 15) is 14.7 Å². The van der Waals surface area contributed by atoms with E-state index in [1.165, 1.54) is 12.0 Å². The quantitative estimate of drug-likeness (QED) is 0.237. The molecule has 8 atom stereocenters. The van der Waals surface area contributed by atoms with Gasteiger partial charge >= 0.3 is 11.9 Å². The Morgan fingerprint density at radius 3 is 2.14 bits per heavy atom. The van der Waals surface area contributed by atoms with E-state index >= 15 is 0 Å². The summed E-state index contributed by atoms with van der Waals surface area (Å²) in [5, 5.41) is 12.1. The number of carbonyl (C=O) groups excluding carboxylic acids is 2. The highest BCUT2D eigenvalue weighted by Crippen LogP contribution is 2.67. The molecule has 0 unspecified atom stereocenters. The van der Waals surface area contributed by atoms with Gasteiger partial charge in [-0.2, -0.15) is 0 Å². The van der Waals surface area contributed by atoms with Crippen LogP contribution in [0.2, 0.25) is 0 Å². The molecule has 7 nitrogen and oxygen atoms in total. The zero-order valence-corrected chi connectivity index (χ0v) is 32.3. The number of hydrogen-bond acceptors (Lipinski definition) is 7. The van der Waals surface area contributed by atoms with E-state index in [2.05, 4.69) is 43.0 Å². The highest BCUT2D eigenvalue weighted by Gasteiger charge is 2.65. The molecule has 1 N–H and O–H groups in total. The Hall–Kier alpha value is -2.74. The second-order valence-corrected chi connectivity index (χ2v) is 18.1. The first-order chi connectivity index (χ1) is 23.4. The Morgan fingerprint density at radius 2 is 1.56 bits per heavy atom. The summed E-state index contributed by atoms with van der Waals surface area (Å²) in [7, 11) is 1.85. The van der Waals surface area contributed by atoms with Crippen molar-refractivity contribution in [2.24, 2.45) is 34.5 Å². The Labute approximate surface area is 301 Å². The molecule has 2 aromatic rings. The van der Waals surface area contributed by atoms with Crippen molar-refractivity contribution in [2.75, 3.05) is 13.7 Å². The molecule has 7 heteroatoms. The van der Waals surface area contributed by atoms with Gasteiger partial charge in [0.25, 0.3) is 0 Å². The number of aryl methyl sites for hydroxylation is 1. The van der Waals surface area contributed by atoms with E-state index in [4.69, 9.17) is 14.2 Å². The van der Waals surface area contributed by atoms with E-state index in [1.807, 2.05) is 85.9 Å². The maximum absolute atomic E-state index is 14.7. The van der Waals surface area contributed by atoms with Gasteiger partial charge in [-0.1, -0.05) is 80.4 Å². The lowest BCUT2D eigenvalue weighted by molar-refractivity contribution is -0.179. The van der Waals surface area contributed by atoms with E-state index < -0.39 is 41.0 Å². The van der Waals surface area contributed by atoms with Crippen molar-refractivity contribution in [3.63, 3.8) is 0 Å². The molecule has 2 aromatic carbocycles. The van der Waals surface area contributed by atoms with Gasteiger partial charge in [-0.25, -0.2) is 0 Å². The van der Waals surface area contributed by atoms with Gasteiger partial charge in [-0.15, -0.1) is 0 Å². The molecule has 0 amide bonds. The summed E-state index contributed by atoms with van der Waals surface area (Å²) < 4.78 is 18.6. The largest absolute Gasteiger partial charge is 0.460 e. The number of methoxy groups -OCH3 is 1. The highest BCUT2D eigenvalue weighted by atomic mass is 16.6. The summed E-state index contributed by atoms with van der Waals surface area (Å²) in [5.41, 5.74) is 1.38. The van der Waals surface area contributed by atoms with Crippen molar-refractivity contribution in [1.82, 2.24) is 4.90 Å². The zero-order valence-electron chi connectivity index (χ0n) is 32.3. The first-order valence-electron chi connectivity index (χ1n) is 18.9. The van der Waals surface area contributed by atoms with Gasteiger partial charge in [0.05, 0.1) is 24.0 Å². The van der Waals surface area contributed by atoms with Crippen LogP contribution in [0, 0.1) is 41.4 Å². The van der Waals surface area contributed by atoms with Gasteiger partial charge in [0.15, 0.2) is 0 Å². The number of nitrogens with zero attached hydrogens (tertiary/aromatic N) is 1. The second-order valence-electron chi connectivity index (χ2n) is 18.1. The molecule has 0 radical (unpaired) electrons. The topological polar surface area (TPSA) is 85.3 Å². The zero-order chi connectivity index (χ0) is 36.6. The number of hydrogen-bond donors (Lipinski definition) is 1. The molecule has 276 valence electrons. The average Bonchev–Trinajstić information content (AvgIpc) is 3.39. The molecule has 0 heterocycles. The molecule has 50 heavy (non-hydrogen) atoms. The minimum absolute atomic E-state index is 0.0682. The smallest absolute Gasteiger partial charge is 0.312 e. The summed E-state index contributed by atoms with van der Waals surface area (Å²) in [6, 6.07) is 17.9. The second kappa shape index (κ2) is 14.7. The third-order valence-corrected chi connectivity index (χ3v) is 12.3. The summed E-state index contributed by atoms with van der Waals surface area (Å²) in [4.78, 5) is 31.6. The first kappa shape index (κ1) is 38.5. The van der Waals surface area contributed by atoms with E-state index in [1.54, 1.807) is 0 Å². The van der Waals surface area contributed by atoms with Crippen LogP contribution < -0.4 is 0 Å². The maximum atomic E-state index is 14.7. The summed E-state index contributed by atoms with van der Waals surface area (Å²) in [5.74, 6) is -2.33. The van der Waals surface area contributed by atoms with Crippen LogP contribution in [0.25, 0.3) is 0 Å². The fraction of sp³-hybridized carbons (Fsp3) is 0.674. The van der Waals surface area contributed by atoms with Gasteiger partial charge < -0.3 is 19.3 Å². The number of aliphatic hydroxyl groups excluding tert-OH is 1. The number of fused-ring (bicyclic) bond motifs is 2. The van der Waals surface area contributed by atoms with Crippen molar-refractivity contribution in [2.45, 2.75) is 137 Å². The molecule has 0 aliphatic heterocycles. The number of rotatable bonds is 11. The number of benzene rings is 2. The van der Waals surface area contributed by atoms with Crippen molar-refractivity contribution >= 4 is 11.9 Å². The van der Waals surface area contributed by atoms with Crippen LogP contribution >= 0.6 is 0 Å². The van der Waals surface area contributed by atoms with Crippen LogP contribution in [0.1, 0.15) is 117 Å².